The molecule has 140 valence electrons. The summed E-state index contributed by atoms with van der Waals surface area (Å²) in [6, 6.07) is 14.4. The first-order valence-electron chi connectivity index (χ1n) is 8.61. The minimum Gasteiger partial charge on any atom is -0.368 e. The Hall–Kier alpha value is -3.06. The fourth-order valence-electron chi connectivity index (χ4n) is 2.63. The SMILES string of the molecule is O=C(NCCCNc1n[nH]c(=O)c2ccccc12)NCc1ccccc1Cl. The molecule has 0 saturated heterocycles. The molecule has 7 nitrogen and oxygen atoms in total. The molecule has 27 heavy (non-hydrogen) atoms. The molecule has 1 aromatic heterocycles. The average molecular weight is 386 g/mol. The smallest absolute Gasteiger partial charge is 0.315 e. The van der Waals surface area contributed by atoms with Crippen LogP contribution in [0, 0.1) is 0 Å². The van der Waals surface area contributed by atoms with Gasteiger partial charge in [0.05, 0.1) is 5.39 Å². The standard InChI is InChI=1S/C19H20ClN5O2/c20-16-9-4-1-6-13(16)12-23-19(27)22-11-5-10-21-17-14-7-2-3-8-15(14)18(26)25-24-17/h1-4,6-9H,5,10-12H2,(H,21,24)(H,25,26)(H2,22,23,27). The van der Waals surface area contributed by atoms with E-state index in [2.05, 4.69) is 26.1 Å². The number of benzene rings is 2. The molecule has 0 bridgehead atoms. The molecule has 3 rings (SSSR count). The summed E-state index contributed by atoms with van der Waals surface area (Å²) >= 11 is 6.05. The molecule has 0 aliphatic carbocycles. The summed E-state index contributed by atoms with van der Waals surface area (Å²) < 4.78 is 0. The Morgan fingerprint density at radius 3 is 2.56 bits per heavy atom. The third kappa shape index (κ3) is 4.98. The van der Waals surface area contributed by atoms with Crippen LogP contribution >= 0.6 is 11.6 Å². The molecule has 2 amide bonds. The lowest BCUT2D eigenvalue weighted by molar-refractivity contribution is 0.240. The Labute approximate surface area is 161 Å². The number of H-pyrrole nitrogens is 1. The molecule has 0 aliphatic heterocycles. The Kier molecular flexibility index (Phi) is 6.27. The van der Waals surface area contributed by atoms with E-state index in [-0.39, 0.29) is 11.6 Å². The quantitative estimate of drug-likeness (QED) is 0.470. The van der Waals surface area contributed by atoms with Crippen LogP contribution in [-0.2, 0) is 6.54 Å². The van der Waals surface area contributed by atoms with Crippen molar-refractivity contribution in [2.45, 2.75) is 13.0 Å². The molecule has 2 aromatic carbocycles. The van der Waals surface area contributed by atoms with E-state index in [1.165, 1.54) is 0 Å². The van der Waals surface area contributed by atoms with Gasteiger partial charge in [-0.25, -0.2) is 9.89 Å². The maximum absolute atomic E-state index is 11.8. The normalized spacial score (nSPS) is 10.6. The van der Waals surface area contributed by atoms with Crippen LogP contribution in [0.15, 0.2) is 53.3 Å². The van der Waals surface area contributed by atoms with Crippen LogP contribution in [0.2, 0.25) is 5.02 Å². The summed E-state index contributed by atoms with van der Waals surface area (Å²) in [6.07, 6.45) is 0.703. The Morgan fingerprint density at radius 1 is 1.00 bits per heavy atom. The van der Waals surface area contributed by atoms with Crippen LogP contribution in [0.4, 0.5) is 10.6 Å². The van der Waals surface area contributed by atoms with Crippen molar-refractivity contribution in [1.29, 1.82) is 0 Å². The van der Waals surface area contributed by atoms with Crippen molar-refractivity contribution in [3.8, 4) is 0 Å². The van der Waals surface area contributed by atoms with Gasteiger partial charge in [-0.3, -0.25) is 4.79 Å². The number of amides is 2. The summed E-state index contributed by atoms with van der Waals surface area (Å²) in [5.74, 6) is 0.619. The second kappa shape index (κ2) is 9.05. The highest BCUT2D eigenvalue weighted by molar-refractivity contribution is 6.31. The Bertz CT molecular complexity index is 989. The molecule has 0 aliphatic rings. The van der Waals surface area contributed by atoms with Crippen molar-refractivity contribution in [3.63, 3.8) is 0 Å². The van der Waals surface area contributed by atoms with E-state index in [1.54, 1.807) is 12.1 Å². The summed E-state index contributed by atoms with van der Waals surface area (Å²) in [5.41, 5.74) is 0.653. The maximum atomic E-state index is 11.8. The fourth-order valence-corrected chi connectivity index (χ4v) is 2.83. The zero-order valence-corrected chi connectivity index (χ0v) is 15.3. The number of carbonyl (C=O) groups is 1. The number of hydrogen-bond acceptors (Lipinski definition) is 4. The third-order valence-electron chi connectivity index (χ3n) is 4.02. The van der Waals surface area contributed by atoms with Gasteiger partial charge in [-0.2, -0.15) is 5.10 Å². The summed E-state index contributed by atoms with van der Waals surface area (Å²) in [4.78, 5) is 23.6. The Balaban J connectivity index is 1.41. The van der Waals surface area contributed by atoms with Gasteiger partial charge >= 0.3 is 6.03 Å². The monoisotopic (exact) mass is 385 g/mol. The number of nitrogens with zero attached hydrogens (tertiary/aromatic N) is 1. The van der Waals surface area contributed by atoms with E-state index in [9.17, 15) is 9.59 Å². The van der Waals surface area contributed by atoms with E-state index in [0.29, 0.717) is 42.3 Å². The lowest BCUT2D eigenvalue weighted by Gasteiger charge is -2.10. The first kappa shape index (κ1) is 18.7. The van der Waals surface area contributed by atoms with Crippen molar-refractivity contribution >= 4 is 34.2 Å². The van der Waals surface area contributed by atoms with E-state index in [0.717, 1.165) is 10.9 Å². The van der Waals surface area contributed by atoms with Gasteiger partial charge in [-0.05, 0) is 24.1 Å². The van der Waals surface area contributed by atoms with E-state index in [1.807, 2.05) is 36.4 Å². The predicted molar refractivity (Wildman–Crippen MR) is 107 cm³/mol. The molecule has 1 heterocycles. The number of anilines is 1. The van der Waals surface area contributed by atoms with Crippen LogP contribution in [0.3, 0.4) is 0 Å². The molecule has 0 fully saturated rings. The number of urea groups is 1. The summed E-state index contributed by atoms with van der Waals surface area (Å²) in [7, 11) is 0. The van der Waals surface area contributed by atoms with Crippen LogP contribution in [-0.4, -0.2) is 29.3 Å². The molecule has 0 spiro atoms. The van der Waals surface area contributed by atoms with Crippen molar-refractivity contribution in [2.75, 3.05) is 18.4 Å². The van der Waals surface area contributed by atoms with Gasteiger partial charge in [0.25, 0.3) is 5.56 Å². The number of nitrogens with one attached hydrogen (secondary N) is 4. The lowest BCUT2D eigenvalue weighted by Crippen LogP contribution is -2.36. The molecule has 0 atom stereocenters. The van der Waals surface area contributed by atoms with Crippen LogP contribution < -0.4 is 21.5 Å². The molecule has 3 aromatic rings. The zero-order chi connectivity index (χ0) is 19.1. The predicted octanol–water partition coefficient (Wildman–Crippen LogP) is 2.88. The third-order valence-corrected chi connectivity index (χ3v) is 4.39. The first-order chi connectivity index (χ1) is 13.1. The number of fused-ring (bicyclic) bond motifs is 1. The minimum absolute atomic E-state index is 0.215. The second-order valence-electron chi connectivity index (χ2n) is 5.93. The highest BCUT2D eigenvalue weighted by Gasteiger charge is 2.05. The summed E-state index contributed by atoms with van der Waals surface area (Å²) in [5, 5.41) is 17.3. The van der Waals surface area contributed by atoms with Crippen molar-refractivity contribution in [2.24, 2.45) is 0 Å². The zero-order valence-electron chi connectivity index (χ0n) is 14.6. The van der Waals surface area contributed by atoms with Crippen LogP contribution in [0.25, 0.3) is 10.8 Å². The number of halogens is 1. The van der Waals surface area contributed by atoms with Gasteiger partial charge in [-0.15, -0.1) is 0 Å². The molecule has 0 radical (unpaired) electrons. The van der Waals surface area contributed by atoms with Crippen molar-refractivity contribution < 1.29 is 4.79 Å². The van der Waals surface area contributed by atoms with Crippen LogP contribution in [0.5, 0.6) is 0 Å². The van der Waals surface area contributed by atoms with Crippen molar-refractivity contribution in [1.82, 2.24) is 20.8 Å². The lowest BCUT2D eigenvalue weighted by atomic mass is 10.2. The molecule has 0 saturated carbocycles. The number of aromatic nitrogens is 2. The van der Waals surface area contributed by atoms with Crippen LogP contribution in [0.1, 0.15) is 12.0 Å². The van der Waals surface area contributed by atoms with E-state index >= 15 is 0 Å². The highest BCUT2D eigenvalue weighted by atomic mass is 35.5. The number of aromatic amines is 1. The van der Waals surface area contributed by atoms with Gasteiger partial charge in [0, 0.05) is 30.0 Å². The van der Waals surface area contributed by atoms with Gasteiger partial charge in [0.1, 0.15) is 0 Å². The second-order valence-corrected chi connectivity index (χ2v) is 6.34. The maximum Gasteiger partial charge on any atom is 0.315 e. The van der Waals surface area contributed by atoms with Gasteiger partial charge < -0.3 is 16.0 Å². The number of rotatable bonds is 7. The molecular formula is C19H20ClN5O2. The van der Waals surface area contributed by atoms with Gasteiger partial charge in [0.2, 0.25) is 0 Å². The topological polar surface area (TPSA) is 98.9 Å². The summed E-state index contributed by atoms with van der Waals surface area (Å²) in [6.45, 7) is 1.48. The van der Waals surface area contributed by atoms with Gasteiger partial charge in [0.15, 0.2) is 5.82 Å². The van der Waals surface area contributed by atoms with Crippen molar-refractivity contribution in [3.05, 3.63) is 69.5 Å². The first-order valence-corrected chi connectivity index (χ1v) is 8.99. The average Bonchev–Trinajstić information content (AvgIpc) is 2.69. The minimum atomic E-state index is -0.248. The highest BCUT2D eigenvalue weighted by Crippen LogP contribution is 2.16. The number of hydrogen-bond donors (Lipinski definition) is 4. The molecular weight excluding hydrogens is 366 g/mol. The van der Waals surface area contributed by atoms with E-state index < -0.39 is 0 Å². The Morgan fingerprint density at radius 2 is 1.74 bits per heavy atom. The van der Waals surface area contributed by atoms with E-state index in [4.69, 9.17) is 11.6 Å². The molecule has 4 N–H and O–H groups in total. The number of carbonyl (C=O) groups excluding carboxylic acids is 1. The molecule has 0 unspecified atom stereocenters. The largest absolute Gasteiger partial charge is 0.368 e. The fraction of sp³-hybridized carbons (Fsp3) is 0.211. The van der Waals surface area contributed by atoms with Gasteiger partial charge in [-0.1, -0.05) is 48.0 Å². The molecule has 8 heteroatoms.